The lowest BCUT2D eigenvalue weighted by Gasteiger charge is -2.19. The summed E-state index contributed by atoms with van der Waals surface area (Å²) < 4.78 is 61.8. The highest BCUT2D eigenvalue weighted by Gasteiger charge is 2.32. The number of hydrogen-bond donors (Lipinski definition) is 1. The fourth-order valence-electron chi connectivity index (χ4n) is 4.42. The van der Waals surface area contributed by atoms with Crippen LogP contribution in [0.2, 0.25) is 0 Å². The number of carbonyl (C=O) groups excluding carboxylic acids is 1. The number of unbranched alkanes of at least 4 members (excludes halogenated alkanes) is 2. The summed E-state index contributed by atoms with van der Waals surface area (Å²) in [5.74, 6) is -0.479. The molecule has 0 aliphatic carbocycles. The minimum absolute atomic E-state index is 0.0240. The van der Waals surface area contributed by atoms with E-state index in [0.29, 0.717) is 40.3 Å². The quantitative estimate of drug-likeness (QED) is 0.157. The van der Waals surface area contributed by atoms with E-state index >= 15 is 0 Å². The zero-order valence-corrected chi connectivity index (χ0v) is 22.0. The Balaban J connectivity index is 1.62. The van der Waals surface area contributed by atoms with Crippen molar-refractivity contribution in [3.63, 3.8) is 0 Å². The molecule has 0 atom stereocenters. The van der Waals surface area contributed by atoms with Gasteiger partial charge in [-0.3, -0.25) is 9.79 Å². The first-order valence-corrected chi connectivity index (χ1v) is 12.9. The fourth-order valence-corrected chi connectivity index (χ4v) is 4.42. The smallest absolute Gasteiger partial charge is 0.393 e. The number of hydrogen-bond acceptors (Lipinski definition) is 4. The van der Waals surface area contributed by atoms with Crippen LogP contribution >= 0.6 is 0 Å². The molecular formula is C31H29F4N3O2. The third kappa shape index (κ3) is 7.65. The van der Waals surface area contributed by atoms with E-state index in [0.717, 1.165) is 19.3 Å². The molecule has 1 amide bonds. The molecule has 4 rings (SSSR count). The van der Waals surface area contributed by atoms with Gasteiger partial charge in [0.05, 0.1) is 19.6 Å². The third-order valence-corrected chi connectivity index (χ3v) is 6.37. The van der Waals surface area contributed by atoms with Gasteiger partial charge in [-0.2, -0.15) is 17.6 Å². The van der Waals surface area contributed by atoms with Gasteiger partial charge in [-0.25, -0.2) is 4.98 Å². The van der Waals surface area contributed by atoms with Crippen LogP contribution in [-0.4, -0.2) is 36.7 Å². The Bertz CT molecular complexity index is 1410. The van der Waals surface area contributed by atoms with Crippen molar-refractivity contribution in [1.82, 2.24) is 10.3 Å². The number of rotatable bonds is 11. The molecule has 1 aliphatic heterocycles. The highest BCUT2D eigenvalue weighted by atomic mass is 19.4. The molecule has 1 aromatic heterocycles. The Kier molecular flexibility index (Phi) is 9.47. The summed E-state index contributed by atoms with van der Waals surface area (Å²) in [5.41, 5.74) is 2.68. The molecule has 2 heterocycles. The van der Waals surface area contributed by atoms with Crippen LogP contribution in [0.5, 0.6) is 5.88 Å². The van der Waals surface area contributed by atoms with E-state index in [9.17, 15) is 22.4 Å². The van der Waals surface area contributed by atoms with Crippen LogP contribution < -0.4 is 10.1 Å². The van der Waals surface area contributed by atoms with Gasteiger partial charge in [-0.15, -0.1) is 0 Å². The standard InChI is InChI=1S/C31H29F4N3O2/c1-36-27(39)11-7-2-3-8-16-40-28-15-14-24(19-37-28)26(18-31(33,34)35)29(21-9-5-4-6-10-21)22-12-13-23-20-38-30(32)25(23)17-22/h4-7,9-15,17,19H,2-3,8,16,18,20H2,1H3,(H,36,39)/b11-7+,29-26+. The van der Waals surface area contributed by atoms with Crippen molar-refractivity contribution in [3.05, 3.63) is 107 Å². The summed E-state index contributed by atoms with van der Waals surface area (Å²) >= 11 is 0. The molecule has 0 spiro atoms. The van der Waals surface area contributed by atoms with E-state index in [1.807, 2.05) is 0 Å². The molecule has 0 saturated carbocycles. The fraction of sp³-hybridized carbons (Fsp3) is 0.258. The number of pyridine rings is 1. The molecule has 0 bridgehead atoms. The molecule has 5 nitrogen and oxygen atoms in total. The molecule has 0 unspecified atom stereocenters. The highest BCUT2D eigenvalue weighted by molar-refractivity contribution is 6.02. The first-order chi connectivity index (χ1) is 19.2. The van der Waals surface area contributed by atoms with Crippen LogP contribution in [0.4, 0.5) is 17.6 Å². The molecule has 208 valence electrons. The number of aliphatic imine (C=N–C) groups is 1. The maximum absolute atomic E-state index is 14.3. The maximum atomic E-state index is 14.3. The summed E-state index contributed by atoms with van der Waals surface area (Å²) in [7, 11) is 1.56. The second-order valence-electron chi connectivity index (χ2n) is 9.24. The van der Waals surface area contributed by atoms with Gasteiger partial charge in [0.25, 0.3) is 0 Å². The summed E-state index contributed by atoms with van der Waals surface area (Å²) in [6.07, 6.45) is 1.18. The van der Waals surface area contributed by atoms with Gasteiger partial charge in [0.15, 0.2) is 0 Å². The van der Waals surface area contributed by atoms with Crippen LogP contribution in [0.1, 0.15) is 53.5 Å². The number of amides is 1. The Morgan fingerprint density at radius 2 is 1.80 bits per heavy atom. The minimum atomic E-state index is -4.50. The Morgan fingerprint density at radius 3 is 2.50 bits per heavy atom. The topological polar surface area (TPSA) is 63.6 Å². The second-order valence-corrected chi connectivity index (χ2v) is 9.24. The van der Waals surface area contributed by atoms with Crippen molar-refractivity contribution in [1.29, 1.82) is 0 Å². The second kappa shape index (κ2) is 13.2. The van der Waals surface area contributed by atoms with Crippen LogP contribution in [0.3, 0.4) is 0 Å². The van der Waals surface area contributed by atoms with Crippen molar-refractivity contribution in [2.75, 3.05) is 13.7 Å². The summed E-state index contributed by atoms with van der Waals surface area (Å²) in [6.45, 7) is 0.586. The van der Waals surface area contributed by atoms with Gasteiger partial charge in [-0.05, 0) is 70.9 Å². The molecule has 0 fully saturated rings. The average Bonchev–Trinajstić information content (AvgIpc) is 3.32. The normalized spacial score (nSPS) is 13.6. The molecule has 2 aromatic carbocycles. The molecule has 3 aromatic rings. The van der Waals surface area contributed by atoms with Gasteiger partial charge in [0.1, 0.15) is 0 Å². The van der Waals surface area contributed by atoms with E-state index in [2.05, 4.69) is 15.3 Å². The molecule has 40 heavy (non-hydrogen) atoms. The Morgan fingerprint density at radius 1 is 1.02 bits per heavy atom. The van der Waals surface area contributed by atoms with E-state index in [-0.39, 0.29) is 23.6 Å². The molecule has 0 radical (unpaired) electrons. The average molecular weight is 552 g/mol. The number of nitrogens with one attached hydrogen (secondary N) is 1. The zero-order valence-electron chi connectivity index (χ0n) is 22.0. The van der Waals surface area contributed by atoms with Crippen molar-refractivity contribution < 1.29 is 27.1 Å². The lowest BCUT2D eigenvalue weighted by atomic mass is 9.87. The lowest BCUT2D eigenvalue weighted by Crippen LogP contribution is -2.13. The van der Waals surface area contributed by atoms with E-state index < -0.39 is 18.6 Å². The minimum Gasteiger partial charge on any atom is -0.478 e. The van der Waals surface area contributed by atoms with Crippen LogP contribution in [0.15, 0.2) is 84.0 Å². The maximum Gasteiger partial charge on any atom is 0.393 e. The monoisotopic (exact) mass is 551 g/mol. The molecule has 1 aliphatic rings. The highest BCUT2D eigenvalue weighted by Crippen LogP contribution is 2.40. The predicted molar refractivity (Wildman–Crippen MR) is 148 cm³/mol. The lowest BCUT2D eigenvalue weighted by molar-refractivity contribution is -0.123. The number of fused-ring (bicyclic) bond motifs is 1. The van der Waals surface area contributed by atoms with Crippen LogP contribution in [0.25, 0.3) is 11.1 Å². The van der Waals surface area contributed by atoms with E-state index in [1.165, 1.54) is 12.3 Å². The van der Waals surface area contributed by atoms with E-state index in [1.54, 1.807) is 73.8 Å². The van der Waals surface area contributed by atoms with Gasteiger partial charge >= 0.3 is 6.18 Å². The van der Waals surface area contributed by atoms with Gasteiger partial charge in [-0.1, -0.05) is 48.5 Å². The van der Waals surface area contributed by atoms with E-state index in [4.69, 9.17) is 4.74 Å². The zero-order chi connectivity index (χ0) is 28.5. The first-order valence-electron chi connectivity index (χ1n) is 12.9. The molecule has 0 saturated heterocycles. The number of aromatic nitrogens is 1. The number of alkyl halides is 3. The Labute approximate surface area is 230 Å². The van der Waals surface area contributed by atoms with Gasteiger partial charge < -0.3 is 10.1 Å². The summed E-state index contributed by atoms with van der Waals surface area (Å²) in [4.78, 5) is 19.3. The number of likely N-dealkylation sites (N-methyl/N-ethyl adjacent to an activating group) is 1. The number of nitrogens with zero attached hydrogens (tertiary/aromatic N) is 2. The predicted octanol–water partition coefficient (Wildman–Crippen LogP) is 7.07. The van der Waals surface area contributed by atoms with Crippen molar-refractivity contribution in [2.45, 2.75) is 38.4 Å². The molecular weight excluding hydrogens is 522 g/mol. The van der Waals surface area contributed by atoms with Gasteiger partial charge in [0, 0.05) is 24.9 Å². The number of allylic oxidation sites excluding steroid dienone is 2. The largest absolute Gasteiger partial charge is 0.478 e. The first kappa shape index (κ1) is 28.7. The SMILES string of the molecule is CNC(=O)/C=C/CCCCOc1ccc(/C(CC(F)(F)F)=C(\c2ccccc2)c2ccc3c(c2)C(F)=NC3)cn1. The number of carbonyl (C=O) groups is 1. The van der Waals surface area contributed by atoms with Crippen molar-refractivity contribution in [2.24, 2.45) is 4.99 Å². The van der Waals surface area contributed by atoms with Crippen LogP contribution in [0, 0.1) is 0 Å². The summed E-state index contributed by atoms with van der Waals surface area (Å²) in [6, 6.07) is 16.8. The number of halogens is 4. The van der Waals surface area contributed by atoms with Gasteiger partial charge in [0.2, 0.25) is 17.8 Å². The number of benzene rings is 2. The number of ether oxygens (including phenoxy) is 1. The Hall–Kier alpha value is -4.27. The molecule has 9 heteroatoms. The van der Waals surface area contributed by atoms with Crippen LogP contribution in [-0.2, 0) is 11.3 Å². The van der Waals surface area contributed by atoms with Crippen molar-refractivity contribution >= 4 is 23.0 Å². The third-order valence-electron chi connectivity index (χ3n) is 6.37. The van der Waals surface area contributed by atoms with Crippen molar-refractivity contribution in [3.8, 4) is 5.88 Å². The summed E-state index contributed by atoms with van der Waals surface area (Å²) in [5, 5.41) is 2.51. The molecule has 1 N–H and O–H groups in total.